The Bertz CT molecular complexity index is 630. The summed E-state index contributed by atoms with van der Waals surface area (Å²) in [6, 6.07) is 8.42. The van der Waals surface area contributed by atoms with E-state index in [-0.39, 0.29) is 0 Å². The van der Waals surface area contributed by atoms with Gasteiger partial charge in [0.25, 0.3) is 0 Å². The largest absolute Gasteiger partial charge is 0.489 e. The Morgan fingerprint density at radius 3 is 2.44 bits per heavy atom. The minimum atomic E-state index is -3.14. The quantitative estimate of drug-likeness (QED) is 0.850. The fraction of sp³-hybridized carbons (Fsp3) is 0.167. The van der Waals surface area contributed by atoms with Gasteiger partial charge in [-0.1, -0.05) is 0 Å². The van der Waals surface area contributed by atoms with Crippen molar-refractivity contribution in [2.75, 3.05) is 6.26 Å². The number of thiophene rings is 1. The molecule has 3 nitrogen and oxygen atoms in total. The molecule has 2 aromatic rings. The third kappa shape index (κ3) is 3.57. The summed E-state index contributed by atoms with van der Waals surface area (Å²) in [5, 5.41) is 2.01. The second-order valence-corrected chi connectivity index (χ2v) is 8.10. The highest BCUT2D eigenvalue weighted by molar-refractivity contribution is 9.11. The minimum absolute atomic E-state index is 0.299. The van der Waals surface area contributed by atoms with Gasteiger partial charge in [-0.3, -0.25) is 0 Å². The van der Waals surface area contributed by atoms with Crippen LogP contribution in [0.1, 0.15) is 5.56 Å². The van der Waals surface area contributed by atoms with E-state index in [2.05, 4.69) is 15.9 Å². The van der Waals surface area contributed by atoms with Crippen molar-refractivity contribution in [1.29, 1.82) is 0 Å². The third-order valence-electron chi connectivity index (χ3n) is 2.28. The van der Waals surface area contributed by atoms with Gasteiger partial charge in [0.15, 0.2) is 9.84 Å². The van der Waals surface area contributed by atoms with Crippen LogP contribution in [-0.4, -0.2) is 14.7 Å². The Kier molecular flexibility index (Phi) is 4.09. The third-order valence-corrected chi connectivity index (χ3v) is 4.96. The van der Waals surface area contributed by atoms with Crippen LogP contribution in [0.3, 0.4) is 0 Å². The van der Waals surface area contributed by atoms with Crippen LogP contribution in [0.4, 0.5) is 0 Å². The lowest BCUT2D eigenvalue weighted by molar-refractivity contribution is 0.306. The summed E-state index contributed by atoms with van der Waals surface area (Å²) >= 11 is 4.99. The number of halogens is 1. The van der Waals surface area contributed by atoms with Crippen molar-refractivity contribution in [2.24, 2.45) is 0 Å². The maximum atomic E-state index is 11.3. The monoisotopic (exact) mass is 346 g/mol. The molecule has 0 spiro atoms. The van der Waals surface area contributed by atoms with Gasteiger partial charge in [-0.2, -0.15) is 0 Å². The Morgan fingerprint density at radius 1 is 1.28 bits per heavy atom. The van der Waals surface area contributed by atoms with Crippen molar-refractivity contribution in [2.45, 2.75) is 11.5 Å². The fourth-order valence-corrected chi connectivity index (χ4v) is 3.20. The van der Waals surface area contributed by atoms with Gasteiger partial charge in [-0.25, -0.2) is 8.42 Å². The molecule has 18 heavy (non-hydrogen) atoms. The van der Waals surface area contributed by atoms with Crippen molar-refractivity contribution in [3.8, 4) is 5.75 Å². The number of benzene rings is 1. The first-order chi connectivity index (χ1) is 8.45. The Labute approximate surface area is 118 Å². The van der Waals surface area contributed by atoms with E-state index in [0.717, 1.165) is 9.35 Å². The van der Waals surface area contributed by atoms with Crippen LogP contribution in [0.5, 0.6) is 5.75 Å². The second-order valence-electron chi connectivity index (χ2n) is 3.79. The van der Waals surface area contributed by atoms with Crippen LogP contribution < -0.4 is 4.74 Å². The molecular weight excluding hydrogens is 336 g/mol. The van der Waals surface area contributed by atoms with Gasteiger partial charge >= 0.3 is 0 Å². The molecule has 0 unspecified atom stereocenters. The summed E-state index contributed by atoms with van der Waals surface area (Å²) in [5.41, 5.74) is 1.08. The number of rotatable bonds is 4. The molecule has 0 amide bonds. The molecule has 0 fully saturated rings. The lowest BCUT2D eigenvalue weighted by Crippen LogP contribution is -1.97. The zero-order valence-corrected chi connectivity index (χ0v) is 12.8. The van der Waals surface area contributed by atoms with E-state index in [1.807, 2.05) is 11.4 Å². The average molecular weight is 347 g/mol. The van der Waals surface area contributed by atoms with E-state index in [9.17, 15) is 8.42 Å². The standard InChI is InChI=1S/C12H11BrO3S2/c1-18(14,15)11-4-2-10(3-5-11)16-7-9-6-12(13)17-8-9/h2-6,8H,7H2,1H3. The van der Waals surface area contributed by atoms with Gasteiger partial charge in [0.05, 0.1) is 8.68 Å². The molecule has 0 radical (unpaired) electrons. The summed E-state index contributed by atoms with van der Waals surface area (Å²) < 4.78 is 29.2. The molecule has 6 heteroatoms. The van der Waals surface area contributed by atoms with Gasteiger partial charge < -0.3 is 4.74 Å². The van der Waals surface area contributed by atoms with Gasteiger partial charge in [0.1, 0.15) is 12.4 Å². The molecule has 0 aliphatic carbocycles. The van der Waals surface area contributed by atoms with E-state index in [1.165, 1.54) is 6.26 Å². The first-order valence-electron chi connectivity index (χ1n) is 5.11. The highest BCUT2D eigenvalue weighted by Gasteiger charge is 2.06. The fourth-order valence-electron chi connectivity index (χ4n) is 1.37. The lowest BCUT2D eigenvalue weighted by Gasteiger charge is -2.05. The van der Waals surface area contributed by atoms with Crippen LogP contribution in [0.2, 0.25) is 0 Å². The van der Waals surface area contributed by atoms with Gasteiger partial charge in [0, 0.05) is 11.8 Å². The average Bonchev–Trinajstić information content (AvgIpc) is 2.72. The van der Waals surface area contributed by atoms with E-state index in [4.69, 9.17) is 4.74 Å². The molecule has 2 rings (SSSR count). The second kappa shape index (κ2) is 5.42. The first-order valence-corrected chi connectivity index (χ1v) is 8.67. The summed E-state index contributed by atoms with van der Waals surface area (Å²) in [4.78, 5) is 0.299. The zero-order chi connectivity index (χ0) is 13.2. The molecule has 0 aliphatic heterocycles. The van der Waals surface area contributed by atoms with E-state index >= 15 is 0 Å². The SMILES string of the molecule is CS(=O)(=O)c1ccc(OCc2csc(Br)c2)cc1. The van der Waals surface area contributed by atoms with Crippen LogP contribution in [0.15, 0.2) is 44.4 Å². The molecule has 1 aromatic heterocycles. The Morgan fingerprint density at radius 2 is 1.94 bits per heavy atom. The first kappa shape index (κ1) is 13.6. The number of ether oxygens (including phenoxy) is 1. The molecule has 0 saturated carbocycles. The molecule has 1 heterocycles. The molecule has 0 N–H and O–H groups in total. The van der Waals surface area contributed by atoms with Gasteiger partial charge in [0.2, 0.25) is 0 Å². The Balaban J connectivity index is 2.03. The summed E-state index contributed by atoms with van der Waals surface area (Å²) in [6.07, 6.45) is 1.19. The maximum absolute atomic E-state index is 11.3. The molecule has 0 atom stereocenters. The van der Waals surface area contributed by atoms with Gasteiger partial charge in [-0.15, -0.1) is 11.3 Å². The van der Waals surface area contributed by atoms with Crippen molar-refractivity contribution < 1.29 is 13.2 Å². The normalized spacial score (nSPS) is 11.4. The van der Waals surface area contributed by atoms with Gasteiger partial charge in [-0.05, 0) is 51.6 Å². The van der Waals surface area contributed by atoms with Crippen molar-refractivity contribution >= 4 is 37.1 Å². The smallest absolute Gasteiger partial charge is 0.175 e. The summed E-state index contributed by atoms with van der Waals surface area (Å²) in [7, 11) is -3.14. The van der Waals surface area contributed by atoms with Crippen LogP contribution in [-0.2, 0) is 16.4 Å². The molecule has 0 bridgehead atoms. The molecule has 0 aliphatic rings. The van der Waals surface area contributed by atoms with Crippen LogP contribution >= 0.6 is 27.3 Å². The highest BCUT2D eigenvalue weighted by Crippen LogP contribution is 2.22. The van der Waals surface area contributed by atoms with E-state index in [0.29, 0.717) is 17.3 Å². The van der Waals surface area contributed by atoms with Crippen molar-refractivity contribution in [1.82, 2.24) is 0 Å². The van der Waals surface area contributed by atoms with Crippen LogP contribution in [0.25, 0.3) is 0 Å². The Hall–Kier alpha value is -0.850. The number of sulfone groups is 1. The minimum Gasteiger partial charge on any atom is -0.489 e. The lowest BCUT2D eigenvalue weighted by atomic mass is 10.3. The van der Waals surface area contributed by atoms with E-state index < -0.39 is 9.84 Å². The predicted molar refractivity (Wildman–Crippen MR) is 75.9 cm³/mol. The molecule has 1 aromatic carbocycles. The van der Waals surface area contributed by atoms with Crippen molar-refractivity contribution in [3.05, 3.63) is 45.1 Å². The summed E-state index contributed by atoms with van der Waals surface area (Å²) in [5.74, 6) is 0.657. The predicted octanol–water partition coefficient (Wildman–Crippen LogP) is 3.49. The number of hydrogen-bond donors (Lipinski definition) is 0. The molecular formula is C12H11BrO3S2. The summed E-state index contributed by atoms with van der Waals surface area (Å²) in [6.45, 7) is 0.473. The van der Waals surface area contributed by atoms with Crippen LogP contribution in [0, 0.1) is 0 Å². The number of hydrogen-bond acceptors (Lipinski definition) is 4. The topological polar surface area (TPSA) is 43.4 Å². The molecule has 0 saturated heterocycles. The molecule has 96 valence electrons. The highest BCUT2D eigenvalue weighted by atomic mass is 79.9. The van der Waals surface area contributed by atoms with E-state index in [1.54, 1.807) is 35.6 Å². The zero-order valence-electron chi connectivity index (χ0n) is 9.59. The maximum Gasteiger partial charge on any atom is 0.175 e. The van der Waals surface area contributed by atoms with Crippen molar-refractivity contribution in [3.63, 3.8) is 0 Å².